The van der Waals surface area contributed by atoms with Gasteiger partial charge in [-0.2, -0.15) is 0 Å². The lowest BCUT2D eigenvalue weighted by Gasteiger charge is -2.11. The topological polar surface area (TPSA) is 78.3 Å². The normalized spacial score (nSPS) is 11.2. The molecular weight excluding hydrogens is 521 g/mol. The average Bonchev–Trinajstić information content (AvgIpc) is 3.44. The second kappa shape index (κ2) is 11.3. The number of nitrogens with one attached hydrogen (secondary N) is 1. The molecule has 4 aromatic carbocycles. The van der Waals surface area contributed by atoms with Crippen LogP contribution >= 0.6 is 0 Å². The molecule has 0 aliphatic heterocycles. The number of benzene rings is 4. The average molecular weight is 545 g/mol. The standard InChI is InChI=1S/C30H23F3N4O3/c1-2-39-27-9-4-3-8-26(27)21-6-5-7-22(18-21)29(38)35-23-12-10-20(11-13-23)28-34-19-37(36-28)24-14-16-25(17-15-24)40-30(31,32)33/h3-19H,2H2,1H3,(H,35,38). The summed E-state index contributed by atoms with van der Waals surface area (Å²) in [5.41, 5.74) is 4.08. The minimum absolute atomic E-state index is 0.260. The Morgan fingerprint density at radius 3 is 2.38 bits per heavy atom. The molecule has 0 aliphatic rings. The molecule has 202 valence electrons. The highest BCUT2D eigenvalue weighted by Crippen LogP contribution is 2.31. The SMILES string of the molecule is CCOc1ccccc1-c1cccc(C(=O)Nc2ccc(-c3ncn(-c4ccc(OC(F)(F)F)cc4)n3)cc2)c1. The molecule has 1 N–H and O–H groups in total. The van der Waals surface area contributed by atoms with E-state index in [1.165, 1.54) is 35.3 Å². The summed E-state index contributed by atoms with van der Waals surface area (Å²) in [5, 5.41) is 7.30. The van der Waals surface area contributed by atoms with Gasteiger partial charge in [-0.05, 0) is 79.2 Å². The molecule has 1 heterocycles. The third-order valence-electron chi connectivity index (χ3n) is 5.85. The Hall–Kier alpha value is -5.12. The van der Waals surface area contributed by atoms with E-state index >= 15 is 0 Å². The molecule has 0 spiro atoms. The molecule has 0 unspecified atom stereocenters. The predicted molar refractivity (Wildman–Crippen MR) is 144 cm³/mol. The fraction of sp³-hybridized carbons (Fsp3) is 0.100. The van der Waals surface area contributed by atoms with Crippen LogP contribution in [0.2, 0.25) is 0 Å². The highest BCUT2D eigenvalue weighted by atomic mass is 19.4. The van der Waals surface area contributed by atoms with Crippen molar-refractivity contribution >= 4 is 11.6 Å². The number of carbonyl (C=O) groups excluding carboxylic acids is 1. The first-order valence-electron chi connectivity index (χ1n) is 12.3. The number of hydrogen-bond donors (Lipinski definition) is 1. The quantitative estimate of drug-likeness (QED) is 0.224. The van der Waals surface area contributed by atoms with Crippen LogP contribution in [-0.4, -0.2) is 33.6 Å². The van der Waals surface area contributed by atoms with Crippen molar-refractivity contribution in [3.8, 4) is 39.7 Å². The van der Waals surface area contributed by atoms with Gasteiger partial charge in [0.15, 0.2) is 5.82 Å². The number of alkyl halides is 3. The van der Waals surface area contributed by atoms with Crippen LogP contribution in [0.4, 0.5) is 18.9 Å². The summed E-state index contributed by atoms with van der Waals surface area (Å²) in [4.78, 5) is 17.3. The maximum atomic E-state index is 13.0. The van der Waals surface area contributed by atoms with Crippen molar-refractivity contribution in [3.63, 3.8) is 0 Å². The Labute approximate surface area is 227 Å². The Morgan fingerprint density at radius 2 is 1.65 bits per heavy atom. The first-order valence-corrected chi connectivity index (χ1v) is 12.3. The number of nitrogens with zero attached hydrogens (tertiary/aromatic N) is 3. The van der Waals surface area contributed by atoms with Crippen LogP contribution in [0.5, 0.6) is 11.5 Å². The molecule has 5 rings (SSSR count). The summed E-state index contributed by atoms with van der Waals surface area (Å²) in [7, 11) is 0. The van der Waals surface area contributed by atoms with Crippen LogP contribution in [0.25, 0.3) is 28.2 Å². The van der Waals surface area contributed by atoms with Crippen LogP contribution in [0.15, 0.2) is 103 Å². The molecule has 10 heteroatoms. The Kier molecular flexibility index (Phi) is 7.50. The Balaban J connectivity index is 1.26. The lowest BCUT2D eigenvalue weighted by atomic mass is 10.0. The van der Waals surface area contributed by atoms with Crippen molar-refractivity contribution in [2.45, 2.75) is 13.3 Å². The lowest BCUT2D eigenvalue weighted by molar-refractivity contribution is -0.274. The van der Waals surface area contributed by atoms with E-state index in [1.807, 2.05) is 49.4 Å². The molecule has 0 aliphatic carbocycles. The van der Waals surface area contributed by atoms with Gasteiger partial charge >= 0.3 is 6.36 Å². The third kappa shape index (κ3) is 6.29. The van der Waals surface area contributed by atoms with E-state index in [4.69, 9.17) is 4.74 Å². The molecular formula is C30H23F3N4O3. The van der Waals surface area contributed by atoms with Gasteiger partial charge < -0.3 is 14.8 Å². The van der Waals surface area contributed by atoms with Crippen molar-refractivity contribution in [2.24, 2.45) is 0 Å². The minimum atomic E-state index is -4.76. The molecule has 0 saturated carbocycles. The smallest absolute Gasteiger partial charge is 0.493 e. The summed E-state index contributed by atoms with van der Waals surface area (Å²) >= 11 is 0. The van der Waals surface area contributed by atoms with E-state index in [1.54, 1.807) is 30.3 Å². The van der Waals surface area contributed by atoms with Gasteiger partial charge in [0, 0.05) is 22.4 Å². The first kappa shape index (κ1) is 26.5. The van der Waals surface area contributed by atoms with Gasteiger partial charge in [-0.25, -0.2) is 9.67 Å². The molecule has 0 saturated heterocycles. The molecule has 5 aromatic rings. The summed E-state index contributed by atoms with van der Waals surface area (Å²) in [6, 6.07) is 27.3. The third-order valence-corrected chi connectivity index (χ3v) is 5.85. The van der Waals surface area contributed by atoms with E-state index in [9.17, 15) is 18.0 Å². The van der Waals surface area contributed by atoms with Gasteiger partial charge in [-0.15, -0.1) is 18.3 Å². The predicted octanol–water partition coefficient (Wildman–Crippen LogP) is 7.15. The fourth-order valence-electron chi connectivity index (χ4n) is 4.04. The van der Waals surface area contributed by atoms with Crippen molar-refractivity contribution in [1.29, 1.82) is 0 Å². The second-order valence-corrected chi connectivity index (χ2v) is 8.60. The molecule has 0 fully saturated rings. The van der Waals surface area contributed by atoms with Crippen LogP contribution in [0, 0.1) is 0 Å². The van der Waals surface area contributed by atoms with Gasteiger partial charge in [0.1, 0.15) is 17.8 Å². The van der Waals surface area contributed by atoms with E-state index < -0.39 is 6.36 Å². The largest absolute Gasteiger partial charge is 0.573 e. The van der Waals surface area contributed by atoms with Crippen LogP contribution in [0.3, 0.4) is 0 Å². The summed E-state index contributed by atoms with van der Waals surface area (Å²) in [5.74, 6) is 0.580. The summed E-state index contributed by atoms with van der Waals surface area (Å²) < 4.78 is 48.2. The number of para-hydroxylation sites is 1. The van der Waals surface area contributed by atoms with E-state index in [0.29, 0.717) is 34.9 Å². The van der Waals surface area contributed by atoms with Gasteiger partial charge in [-0.1, -0.05) is 30.3 Å². The van der Waals surface area contributed by atoms with Crippen molar-refractivity contribution in [3.05, 3.63) is 109 Å². The second-order valence-electron chi connectivity index (χ2n) is 8.60. The Bertz CT molecular complexity index is 1610. The number of hydrogen-bond acceptors (Lipinski definition) is 5. The maximum Gasteiger partial charge on any atom is 0.573 e. The maximum absolute atomic E-state index is 13.0. The van der Waals surface area contributed by atoms with Crippen LogP contribution < -0.4 is 14.8 Å². The van der Waals surface area contributed by atoms with E-state index in [2.05, 4.69) is 20.1 Å². The molecule has 0 radical (unpaired) electrons. The Morgan fingerprint density at radius 1 is 0.900 bits per heavy atom. The number of anilines is 1. The zero-order valence-corrected chi connectivity index (χ0v) is 21.2. The van der Waals surface area contributed by atoms with Gasteiger partial charge in [-0.3, -0.25) is 4.79 Å². The number of aromatic nitrogens is 3. The van der Waals surface area contributed by atoms with Gasteiger partial charge in [0.25, 0.3) is 5.91 Å². The molecule has 0 bridgehead atoms. The molecule has 40 heavy (non-hydrogen) atoms. The first-order chi connectivity index (χ1) is 19.3. The zero-order chi connectivity index (χ0) is 28.1. The molecule has 0 atom stereocenters. The highest BCUT2D eigenvalue weighted by Gasteiger charge is 2.31. The van der Waals surface area contributed by atoms with Crippen molar-refractivity contribution in [2.75, 3.05) is 11.9 Å². The molecule has 1 aromatic heterocycles. The number of rotatable bonds is 8. The van der Waals surface area contributed by atoms with Gasteiger partial charge in [0.2, 0.25) is 0 Å². The van der Waals surface area contributed by atoms with Crippen LogP contribution in [-0.2, 0) is 0 Å². The fourth-order valence-corrected chi connectivity index (χ4v) is 4.04. The monoisotopic (exact) mass is 544 g/mol. The van der Waals surface area contributed by atoms with Gasteiger partial charge in [0.05, 0.1) is 12.3 Å². The highest BCUT2D eigenvalue weighted by molar-refractivity contribution is 6.05. The molecule has 7 nitrogen and oxygen atoms in total. The van der Waals surface area contributed by atoms with Crippen molar-refractivity contribution < 1.29 is 27.4 Å². The zero-order valence-electron chi connectivity index (χ0n) is 21.2. The number of ether oxygens (including phenoxy) is 2. The number of halogens is 3. The summed E-state index contributed by atoms with van der Waals surface area (Å²) in [6.45, 7) is 2.46. The summed E-state index contributed by atoms with van der Waals surface area (Å²) in [6.07, 6.45) is -3.30. The van der Waals surface area contributed by atoms with Crippen LogP contribution in [0.1, 0.15) is 17.3 Å². The number of amides is 1. The van der Waals surface area contributed by atoms with Crippen molar-refractivity contribution in [1.82, 2.24) is 14.8 Å². The lowest BCUT2D eigenvalue weighted by Crippen LogP contribution is -2.17. The molecule has 1 amide bonds. The minimum Gasteiger partial charge on any atom is -0.493 e. The van der Waals surface area contributed by atoms with E-state index in [0.717, 1.165) is 16.9 Å². The van der Waals surface area contributed by atoms with E-state index in [-0.39, 0.29) is 11.7 Å². The number of carbonyl (C=O) groups is 1.